The highest BCUT2D eigenvalue weighted by atomic mass is 32.2. The number of anilines is 1. The topological polar surface area (TPSA) is 64.1 Å². The van der Waals surface area contributed by atoms with Crippen LogP contribution >= 0.6 is 23.1 Å². The molecule has 0 spiro atoms. The molecule has 1 N–H and O–H groups in total. The van der Waals surface area contributed by atoms with Crippen molar-refractivity contribution in [3.05, 3.63) is 29.8 Å². The number of rotatable bonds is 8. The van der Waals surface area contributed by atoms with E-state index in [1.807, 2.05) is 24.3 Å². The number of carbonyl (C=O) groups is 1. The molecule has 2 rings (SSSR count). The first-order valence-corrected chi connectivity index (χ1v) is 10.2. The van der Waals surface area contributed by atoms with E-state index in [9.17, 15) is 4.79 Å². The SMILES string of the molecule is CCCCSc1nnc(NC(=O)COc2ccc(C(C)(C)C)cc2)s1. The van der Waals surface area contributed by atoms with E-state index in [1.165, 1.54) is 16.9 Å². The lowest BCUT2D eigenvalue weighted by atomic mass is 9.87. The summed E-state index contributed by atoms with van der Waals surface area (Å²) in [5.41, 5.74) is 1.33. The van der Waals surface area contributed by atoms with Crippen molar-refractivity contribution in [2.24, 2.45) is 0 Å². The number of nitrogens with one attached hydrogen (secondary N) is 1. The van der Waals surface area contributed by atoms with Crippen molar-refractivity contribution in [3.8, 4) is 5.75 Å². The highest BCUT2D eigenvalue weighted by Gasteiger charge is 2.13. The number of hydrogen-bond acceptors (Lipinski definition) is 6. The molecule has 0 fully saturated rings. The summed E-state index contributed by atoms with van der Waals surface area (Å²) in [6.45, 7) is 8.59. The third-order valence-electron chi connectivity index (χ3n) is 3.47. The molecular weight excluding hydrogens is 354 g/mol. The summed E-state index contributed by atoms with van der Waals surface area (Å²) in [7, 11) is 0. The Morgan fingerprint density at radius 2 is 1.96 bits per heavy atom. The number of thioether (sulfide) groups is 1. The van der Waals surface area contributed by atoms with E-state index >= 15 is 0 Å². The number of unbranched alkanes of at least 4 members (excludes halogenated alkanes) is 1. The number of amides is 1. The van der Waals surface area contributed by atoms with Crippen LogP contribution in [-0.4, -0.2) is 28.5 Å². The molecule has 136 valence electrons. The van der Waals surface area contributed by atoms with E-state index < -0.39 is 0 Å². The second-order valence-electron chi connectivity index (χ2n) is 6.69. The summed E-state index contributed by atoms with van der Waals surface area (Å²) in [4.78, 5) is 12.0. The lowest BCUT2D eigenvalue weighted by molar-refractivity contribution is -0.118. The highest BCUT2D eigenvalue weighted by Crippen LogP contribution is 2.26. The summed E-state index contributed by atoms with van der Waals surface area (Å²) >= 11 is 3.06. The Hall–Kier alpha value is -1.60. The molecule has 0 aliphatic rings. The van der Waals surface area contributed by atoms with Crippen LogP contribution in [0.25, 0.3) is 0 Å². The van der Waals surface area contributed by atoms with Gasteiger partial charge in [0.2, 0.25) is 5.13 Å². The van der Waals surface area contributed by atoms with Crippen LogP contribution in [0.3, 0.4) is 0 Å². The number of aromatic nitrogens is 2. The zero-order valence-corrected chi connectivity index (χ0v) is 16.8. The molecule has 0 atom stereocenters. The lowest BCUT2D eigenvalue weighted by Crippen LogP contribution is -2.20. The van der Waals surface area contributed by atoms with Crippen molar-refractivity contribution in [3.63, 3.8) is 0 Å². The normalized spacial score (nSPS) is 11.4. The minimum atomic E-state index is -0.235. The van der Waals surface area contributed by atoms with Crippen LogP contribution in [0.2, 0.25) is 0 Å². The third-order valence-corrected chi connectivity index (χ3v) is 5.52. The first-order valence-electron chi connectivity index (χ1n) is 8.38. The monoisotopic (exact) mass is 379 g/mol. The number of ether oxygens (including phenoxy) is 1. The van der Waals surface area contributed by atoms with Crippen molar-refractivity contribution in [2.45, 2.75) is 50.3 Å². The summed E-state index contributed by atoms with van der Waals surface area (Å²) < 4.78 is 6.41. The molecule has 1 amide bonds. The molecule has 0 saturated heterocycles. The number of hydrogen-bond donors (Lipinski definition) is 1. The Bertz CT molecular complexity index is 678. The van der Waals surface area contributed by atoms with Crippen LogP contribution < -0.4 is 10.1 Å². The molecule has 1 aromatic heterocycles. The summed E-state index contributed by atoms with van der Waals surface area (Å²) in [5.74, 6) is 1.46. The molecule has 0 saturated carbocycles. The van der Waals surface area contributed by atoms with Crippen molar-refractivity contribution in [2.75, 3.05) is 17.7 Å². The van der Waals surface area contributed by atoms with E-state index in [-0.39, 0.29) is 17.9 Å². The molecular formula is C18H25N3O2S2. The Morgan fingerprint density at radius 3 is 2.60 bits per heavy atom. The molecule has 0 aliphatic heterocycles. The van der Waals surface area contributed by atoms with Crippen LogP contribution in [0.4, 0.5) is 5.13 Å². The molecule has 25 heavy (non-hydrogen) atoms. The maximum Gasteiger partial charge on any atom is 0.264 e. The maximum absolute atomic E-state index is 12.0. The molecule has 5 nitrogen and oxygen atoms in total. The highest BCUT2D eigenvalue weighted by molar-refractivity contribution is 8.01. The largest absolute Gasteiger partial charge is 0.484 e. The van der Waals surface area contributed by atoms with Gasteiger partial charge >= 0.3 is 0 Å². The zero-order chi connectivity index (χ0) is 18.3. The minimum Gasteiger partial charge on any atom is -0.484 e. The van der Waals surface area contributed by atoms with Crippen LogP contribution in [0.5, 0.6) is 5.75 Å². The van der Waals surface area contributed by atoms with Gasteiger partial charge in [-0.15, -0.1) is 10.2 Å². The van der Waals surface area contributed by atoms with Crippen molar-refractivity contribution >= 4 is 34.1 Å². The molecule has 0 bridgehead atoms. The first-order chi connectivity index (χ1) is 11.9. The van der Waals surface area contributed by atoms with Crippen LogP contribution in [0.15, 0.2) is 28.6 Å². The van der Waals surface area contributed by atoms with Gasteiger partial charge in [0.15, 0.2) is 10.9 Å². The molecule has 0 aliphatic carbocycles. The zero-order valence-electron chi connectivity index (χ0n) is 15.2. The molecule has 0 radical (unpaired) electrons. The first kappa shape index (κ1) is 19.7. The summed E-state index contributed by atoms with van der Waals surface area (Å²) in [6.07, 6.45) is 2.30. The number of carbonyl (C=O) groups excluding carboxylic acids is 1. The summed E-state index contributed by atoms with van der Waals surface area (Å²) in [5, 5.41) is 11.3. The fraction of sp³-hybridized carbons (Fsp3) is 0.500. The van der Waals surface area contributed by atoms with Gasteiger partial charge in [-0.05, 0) is 29.5 Å². The molecule has 1 aromatic carbocycles. The minimum absolute atomic E-state index is 0.0489. The van der Waals surface area contributed by atoms with Gasteiger partial charge in [0, 0.05) is 5.75 Å². The molecule has 0 unspecified atom stereocenters. The fourth-order valence-electron chi connectivity index (χ4n) is 1.98. The van der Waals surface area contributed by atoms with Crippen LogP contribution in [-0.2, 0) is 10.2 Å². The summed E-state index contributed by atoms with van der Waals surface area (Å²) in [6, 6.07) is 7.83. The Morgan fingerprint density at radius 1 is 1.24 bits per heavy atom. The van der Waals surface area contributed by atoms with Gasteiger partial charge in [-0.1, -0.05) is 69.3 Å². The van der Waals surface area contributed by atoms with Gasteiger partial charge in [0.1, 0.15) is 5.75 Å². The Labute approximate surface area is 157 Å². The van der Waals surface area contributed by atoms with Gasteiger partial charge in [0.05, 0.1) is 0 Å². The number of nitrogens with zero attached hydrogens (tertiary/aromatic N) is 2. The van der Waals surface area contributed by atoms with Crippen LogP contribution in [0.1, 0.15) is 46.1 Å². The maximum atomic E-state index is 12.0. The van der Waals surface area contributed by atoms with Gasteiger partial charge in [0.25, 0.3) is 5.91 Å². The predicted octanol–water partition coefficient (Wildman–Crippen LogP) is 4.75. The predicted molar refractivity (Wildman–Crippen MR) is 105 cm³/mol. The molecule has 7 heteroatoms. The van der Waals surface area contributed by atoms with Crippen molar-refractivity contribution in [1.29, 1.82) is 0 Å². The van der Waals surface area contributed by atoms with Crippen LogP contribution in [0, 0.1) is 0 Å². The average Bonchev–Trinajstić information content (AvgIpc) is 3.00. The smallest absolute Gasteiger partial charge is 0.264 e. The van der Waals surface area contributed by atoms with Crippen molar-refractivity contribution in [1.82, 2.24) is 10.2 Å². The van der Waals surface area contributed by atoms with E-state index in [4.69, 9.17) is 4.74 Å². The van der Waals surface area contributed by atoms with E-state index in [2.05, 4.69) is 43.2 Å². The van der Waals surface area contributed by atoms with Gasteiger partial charge < -0.3 is 4.74 Å². The van der Waals surface area contributed by atoms with Gasteiger partial charge in [-0.2, -0.15) is 0 Å². The second kappa shape index (κ2) is 9.20. The molecule has 2 aromatic rings. The quantitative estimate of drug-likeness (QED) is 0.407. The van der Waals surface area contributed by atoms with E-state index in [1.54, 1.807) is 11.8 Å². The second-order valence-corrected chi connectivity index (χ2v) is 9.01. The van der Waals surface area contributed by atoms with Crippen molar-refractivity contribution < 1.29 is 9.53 Å². The average molecular weight is 380 g/mol. The van der Waals surface area contributed by atoms with Gasteiger partial charge in [-0.3, -0.25) is 10.1 Å². The molecule has 1 heterocycles. The Balaban J connectivity index is 1.79. The third kappa shape index (κ3) is 6.66. The fourth-order valence-corrected chi connectivity index (χ4v) is 3.90. The Kier molecular flexibility index (Phi) is 7.25. The van der Waals surface area contributed by atoms with E-state index in [0.29, 0.717) is 10.9 Å². The van der Waals surface area contributed by atoms with E-state index in [0.717, 1.165) is 22.9 Å². The number of benzene rings is 1. The standard InChI is InChI=1S/C18H25N3O2S2/c1-5-6-11-24-17-21-20-16(25-17)19-15(22)12-23-14-9-7-13(8-10-14)18(2,3)4/h7-10H,5-6,11-12H2,1-4H3,(H,19,20,22). The lowest BCUT2D eigenvalue weighted by Gasteiger charge is -2.19. The van der Waals surface area contributed by atoms with Gasteiger partial charge in [-0.25, -0.2) is 0 Å².